The van der Waals surface area contributed by atoms with Crippen molar-refractivity contribution < 1.29 is 21.9 Å². The van der Waals surface area contributed by atoms with Gasteiger partial charge in [0.2, 0.25) is 10.0 Å². The molecule has 0 saturated heterocycles. The number of nitrogens with zero attached hydrogens (tertiary/aromatic N) is 1. The fourth-order valence-electron chi connectivity index (χ4n) is 1.81. The molecule has 0 amide bonds. The molecule has 1 aromatic rings. The SMILES string of the molecule is CCOc1ccc(S(=O)(=O)N(C)CC(F)F)cc1CNC. The second-order valence-corrected chi connectivity index (χ2v) is 6.45. The number of rotatable bonds is 8. The van der Waals surface area contributed by atoms with Gasteiger partial charge in [-0.15, -0.1) is 0 Å². The van der Waals surface area contributed by atoms with Gasteiger partial charge in [0.15, 0.2) is 0 Å². The first-order valence-electron chi connectivity index (χ1n) is 6.47. The van der Waals surface area contributed by atoms with Crippen LogP contribution in [0.3, 0.4) is 0 Å². The first-order chi connectivity index (χ1) is 9.82. The highest BCUT2D eigenvalue weighted by Crippen LogP contribution is 2.24. The van der Waals surface area contributed by atoms with Crippen molar-refractivity contribution >= 4 is 10.0 Å². The molecule has 8 heteroatoms. The average Bonchev–Trinajstić information content (AvgIpc) is 2.40. The summed E-state index contributed by atoms with van der Waals surface area (Å²) in [5, 5.41) is 2.91. The predicted octanol–water partition coefficient (Wildman–Crippen LogP) is 1.69. The Labute approximate surface area is 124 Å². The van der Waals surface area contributed by atoms with E-state index in [0.29, 0.717) is 28.8 Å². The molecule has 21 heavy (non-hydrogen) atoms. The minimum absolute atomic E-state index is 0.0284. The van der Waals surface area contributed by atoms with E-state index in [0.717, 1.165) is 7.05 Å². The molecule has 1 rings (SSSR count). The third-order valence-corrected chi connectivity index (χ3v) is 4.62. The molecule has 1 aromatic carbocycles. The van der Waals surface area contributed by atoms with Gasteiger partial charge in [0, 0.05) is 19.2 Å². The Hall–Kier alpha value is -1.25. The van der Waals surface area contributed by atoms with Crippen molar-refractivity contribution in [2.24, 2.45) is 0 Å². The monoisotopic (exact) mass is 322 g/mol. The van der Waals surface area contributed by atoms with Crippen molar-refractivity contribution in [1.82, 2.24) is 9.62 Å². The standard InChI is InChI=1S/C13H20F2N2O3S/c1-4-20-12-6-5-11(7-10(12)8-16-2)21(18,19)17(3)9-13(14)15/h5-7,13,16H,4,8-9H2,1-3H3. The highest BCUT2D eigenvalue weighted by molar-refractivity contribution is 7.89. The lowest BCUT2D eigenvalue weighted by Crippen LogP contribution is -2.31. The summed E-state index contributed by atoms with van der Waals surface area (Å²) in [6, 6.07) is 4.35. The zero-order valence-electron chi connectivity index (χ0n) is 12.3. The van der Waals surface area contributed by atoms with E-state index in [9.17, 15) is 17.2 Å². The fourth-order valence-corrected chi connectivity index (χ4v) is 3.01. The Morgan fingerprint density at radius 2 is 2.05 bits per heavy atom. The third-order valence-electron chi connectivity index (χ3n) is 2.80. The first kappa shape index (κ1) is 17.8. The molecule has 0 saturated carbocycles. The summed E-state index contributed by atoms with van der Waals surface area (Å²) in [6.45, 7) is 1.85. The zero-order valence-corrected chi connectivity index (χ0v) is 13.1. The summed E-state index contributed by atoms with van der Waals surface area (Å²) >= 11 is 0. The number of benzene rings is 1. The summed E-state index contributed by atoms with van der Waals surface area (Å²) in [4.78, 5) is -0.0284. The third kappa shape index (κ3) is 4.62. The number of ether oxygens (including phenoxy) is 1. The number of halogens is 2. The summed E-state index contributed by atoms with van der Waals surface area (Å²) in [5.74, 6) is 0.572. The molecule has 0 aromatic heterocycles. The molecule has 0 fully saturated rings. The Morgan fingerprint density at radius 1 is 1.38 bits per heavy atom. The molecule has 1 N–H and O–H groups in total. The van der Waals surface area contributed by atoms with Crippen LogP contribution in [0.2, 0.25) is 0 Å². The van der Waals surface area contributed by atoms with Crippen LogP contribution in [0.4, 0.5) is 8.78 Å². The zero-order chi connectivity index (χ0) is 16.0. The van der Waals surface area contributed by atoms with E-state index in [4.69, 9.17) is 4.74 Å². The number of alkyl halides is 2. The van der Waals surface area contributed by atoms with Crippen LogP contribution in [-0.2, 0) is 16.6 Å². The molecule has 0 aliphatic rings. The lowest BCUT2D eigenvalue weighted by atomic mass is 10.2. The maximum absolute atomic E-state index is 12.4. The van der Waals surface area contributed by atoms with Gasteiger partial charge in [-0.25, -0.2) is 17.2 Å². The van der Waals surface area contributed by atoms with E-state index < -0.39 is 23.0 Å². The van der Waals surface area contributed by atoms with Crippen molar-refractivity contribution in [3.05, 3.63) is 23.8 Å². The van der Waals surface area contributed by atoms with Gasteiger partial charge in [-0.3, -0.25) is 0 Å². The molecule has 0 aliphatic heterocycles. The summed E-state index contributed by atoms with van der Waals surface area (Å²) < 4.78 is 55.2. The average molecular weight is 322 g/mol. The molecule has 0 unspecified atom stereocenters. The Morgan fingerprint density at radius 3 is 2.57 bits per heavy atom. The second kappa shape index (κ2) is 7.67. The van der Waals surface area contributed by atoms with E-state index >= 15 is 0 Å². The predicted molar refractivity (Wildman–Crippen MR) is 76.2 cm³/mol. The van der Waals surface area contributed by atoms with Gasteiger partial charge < -0.3 is 10.1 Å². The topological polar surface area (TPSA) is 58.6 Å². The summed E-state index contributed by atoms with van der Waals surface area (Å²) in [7, 11) is -1.08. The summed E-state index contributed by atoms with van der Waals surface area (Å²) in [5.41, 5.74) is 0.658. The van der Waals surface area contributed by atoms with Crippen molar-refractivity contribution in [3.63, 3.8) is 0 Å². The molecule has 0 spiro atoms. The van der Waals surface area contributed by atoms with E-state index in [2.05, 4.69) is 5.32 Å². The van der Waals surface area contributed by atoms with Crippen molar-refractivity contribution in [2.45, 2.75) is 24.8 Å². The van der Waals surface area contributed by atoms with E-state index in [1.165, 1.54) is 12.1 Å². The van der Waals surface area contributed by atoms with Gasteiger partial charge in [0.1, 0.15) is 5.75 Å². The lowest BCUT2D eigenvalue weighted by molar-refractivity contribution is 0.126. The lowest BCUT2D eigenvalue weighted by Gasteiger charge is -2.18. The highest BCUT2D eigenvalue weighted by Gasteiger charge is 2.24. The normalized spacial score (nSPS) is 12.1. The fraction of sp³-hybridized carbons (Fsp3) is 0.538. The van der Waals surface area contributed by atoms with Crippen LogP contribution in [0.15, 0.2) is 23.1 Å². The van der Waals surface area contributed by atoms with Crippen LogP contribution in [0.25, 0.3) is 0 Å². The molecule has 0 aliphatic carbocycles. The molecule has 5 nitrogen and oxygen atoms in total. The molecule has 0 heterocycles. The highest BCUT2D eigenvalue weighted by atomic mass is 32.2. The molecule has 120 valence electrons. The van der Waals surface area contributed by atoms with Crippen LogP contribution in [0.1, 0.15) is 12.5 Å². The minimum atomic E-state index is -3.94. The van der Waals surface area contributed by atoms with E-state index in [1.807, 2.05) is 6.92 Å². The Balaban J connectivity index is 3.15. The quantitative estimate of drug-likeness (QED) is 0.791. The van der Waals surface area contributed by atoms with Crippen LogP contribution < -0.4 is 10.1 Å². The number of sulfonamides is 1. The Kier molecular flexibility index (Phi) is 6.50. The first-order valence-corrected chi connectivity index (χ1v) is 7.91. The van der Waals surface area contributed by atoms with Crippen LogP contribution >= 0.6 is 0 Å². The van der Waals surface area contributed by atoms with Crippen LogP contribution in [0, 0.1) is 0 Å². The van der Waals surface area contributed by atoms with Crippen molar-refractivity contribution in [3.8, 4) is 5.75 Å². The van der Waals surface area contributed by atoms with Crippen LogP contribution in [-0.4, -0.2) is 46.4 Å². The molecule has 0 atom stereocenters. The van der Waals surface area contributed by atoms with Gasteiger partial charge >= 0.3 is 0 Å². The number of hydrogen-bond donors (Lipinski definition) is 1. The molecular formula is C13H20F2N2O3S. The molecule has 0 radical (unpaired) electrons. The summed E-state index contributed by atoms with van der Waals surface area (Å²) in [6.07, 6.45) is -2.72. The van der Waals surface area contributed by atoms with E-state index in [-0.39, 0.29) is 4.90 Å². The van der Waals surface area contributed by atoms with Crippen molar-refractivity contribution in [1.29, 1.82) is 0 Å². The van der Waals surface area contributed by atoms with Gasteiger partial charge in [-0.05, 0) is 32.2 Å². The van der Waals surface area contributed by atoms with Gasteiger partial charge in [0.25, 0.3) is 6.43 Å². The van der Waals surface area contributed by atoms with E-state index in [1.54, 1.807) is 13.1 Å². The van der Waals surface area contributed by atoms with Crippen LogP contribution in [0.5, 0.6) is 5.75 Å². The molecular weight excluding hydrogens is 302 g/mol. The van der Waals surface area contributed by atoms with Gasteiger partial charge in [-0.1, -0.05) is 0 Å². The number of nitrogens with one attached hydrogen (secondary N) is 1. The number of hydrogen-bond acceptors (Lipinski definition) is 4. The maximum atomic E-state index is 12.4. The largest absolute Gasteiger partial charge is 0.494 e. The Bertz CT molecular complexity index is 565. The van der Waals surface area contributed by atoms with Crippen molar-refractivity contribution in [2.75, 3.05) is 27.2 Å². The maximum Gasteiger partial charge on any atom is 0.252 e. The second-order valence-electron chi connectivity index (χ2n) is 4.41. The molecule has 0 bridgehead atoms. The van der Waals surface area contributed by atoms with Gasteiger partial charge in [-0.2, -0.15) is 4.31 Å². The smallest absolute Gasteiger partial charge is 0.252 e. The van der Waals surface area contributed by atoms with Gasteiger partial charge in [0.05, 0.1) is 18.0 Å². The minimum Gasteiger partial charge on any atom is -0.494 e.